The summed E-state index contributed by atoms with van der Waals surface area (Å²) in [6.07, 6.45) is 4.59. The van der Waals surface area contributed by atoms with Crippen LogP contribution in [-0.4, -0.2) is 27.8 Å². The monoisotopic (exact) mass is 295 g/mol. The summed E-state index contributed by atoms with van der Waals surface area (Å²) < 4.78 is 4.91. The van der Waals surface area contributed by atoms with Crippen molar-refractivity contribution in [1.82, 2.24) is 15.8 Å². The maximum absolute atomic E-state index is 12.0. The minimum Gasteiger partial charge on any atom is -0.480 e. The Morgan fingerprint density at radius 2 is 2.00 bits per heavy atom. The summed E-state index contributed by atoms with van der Waals surface area (Å²) in [6, 6.07) is 1.23. The van der Waals surface area contributed by atoms with E-state index in [0.29, 0.717) is 24.3 Å². The van der Waals surface area contributed by atoms with Gasteiger partial charge in [-0.15, -0.1) is 0 Å². The zero-order valence-electron chi connectivity index (χ0n) is 12.1. The van der Waals surface area contributed by atoms with Crippen molar-refractivity contribution in [3.05, 3.63) is 17.5 Å². The molecule has 1 aromatic rings. The Morgan fingerprint density at radius 3 is 2.52 bits per heavy atom. The molecule has 1 aliphatic carbocycles. The zero-order chi connectivity index (χ0) is 15.3. The standard InChI is InChI=1S/C14H21N3O4/c1-10-8-11(17-21-10)9-15-13(20)16-14(12(18)19)6-4-2-3-5-7-14/h8H,2-7,9H2,1H3,(H,18,19)(H2,15,16,20). The predicted molar refractivity (Wildman–Crippen MR) is 74.7 cm³/mol. The lowest BCUT2D eigenvalue weighted by Crippen LogP contribution is -2.56. The van der Waals surface area contributed by atoms with E-state index in [-0.39, 0.29) is 6.54 Å². The van der Waals surface area contributed by atoms with E-state index in [1.54, 1.807) is 13.0 Å². The summed E-state index contributed by atoms with van der Waals surface area (Å²) in [5, 5.41) is 18.5. The van der Waals surface area contributed by atoms with E-state index < -0.39 is 17.5 Å². The molecule has 7 heteroatoms. The first-order valence-electron chi connectivity index (χ1n) is 7.23. The number of hydrogen-bond donors (Lipinski definition) is 3. The average Bonchev–Trinajstić information content (AvgIpc) is 2.71. The van der Waals surface area contributed by atoms with Crippen LogP contribution in [0.25, 0.3) is 0 Å². The number of carboxylic acids is 1. The fourth-order valence-electron chi connectivity index (χ4n) is 2.66. The van der Waals surface area contributed by atoms with Gasteiger partial charge in [0.15, 0.2) is 0 Å². The van der Waals surface area contributed by atoms with Crippen LogP contribution in [0.1, 0.15) is 50.0 Å². The van der Waals surface area contributed by atoms with E-state index in [4.69, 9.17) is 4.52 Å². The third-order valence-corrected chi connectivity index (χ3v) is 3.83. The highest BCUT2D eigenvalue weighted by Gasteiger charge is 2.40. The number of carbonyl (C=O) groups excluding carboxylic acids is 1. The predicted octanol–water partition coefficient (Wildman–Crippen LogP) is 1.96. The molecule has 0 aliphatic heterocycles. The SMILES string of the molecule is Cc1cc(CNC(=O)NC2(C(=O)O)CCCCCC2)no1. The van der Waals surface area contributed by atoms with Gasteiger partial charge in [-0.05, 0) is 19.8 Å². The van der Waals surface area contributed by atoms with Crippen molar-refractivity contribution in [2.24, 2.45) is 0 Å². The fraction of sp³-hybridized carbons (Fsp3) is 0.643. The molecule has 0 atom stereocenters. The van der Waals surface area contributed by atoms with Crippen molar-refractivity contribution >= 4 is 12.0 Å². The molecule has 1 aromatic heterocycles. The van der Waals surface area contributed by atoms with Crippen LogP contribution < -0.4 is 10.6 Å². The number of carboxylic acid groups (broad SMARTS) is 1. The summed E-state index contributed by atoms with van der Waals surface area (Å²) in [4.78, 5) is 23.5. The Bertz CT molecular complexity index is 504. The van der Waals surface area contributed by atoms with Gasteiger partial charge in [-0.2, -0.15) is 0 Å². The third kappa shape index (κ3) is 3.96. The van der Waals surface area contributed by atoms with Crippen molar-refractivity contribution in [1.29, 1.82) is 0 Å². The maximum Gasteiger partial charge on any atom is 0.329 e. The molecule has 0 saturated heterocycles. The molecule has 0 aromatic carbocycles. The number of nitrogens with one attached hydrogen (secondary N) is 2. The highest BCUT2D eigenvalue weighted by molar-refractivity contribution is 5.86. The number of aliphatic carboxylic acids is 1. The van der Waals surface area contributed by atoms with Crippen LogP contribution in [0.2, 0.25) is 0 Å². The lowest BCUT2D eigenvalue weighted by molar-refractivity contribution is -0.145. The molecule has 0 bridgehead atoms. The van der Waals surface area contributed by atoms with Crippen LogP contribution >= 0.6 is 0 Å². The third-order valence-electron chi connectivity index (χ3n) is 3.83. The Kier molecular flexibility index (Phi) is 4.82. The normalized spacial score (nSPS) is 17.8. The number of nitrogens with zero attached hydrogens (tertiary/aromatic N) is 1. The molecule has 3 N–H and O–H groups in total. The number of urea groups is 1. The molecule has 0 spiro atoms. The number of aryl methyl sites for hydroxylation is 1. The lowest BCUT2D eigenvalue weighted by Gasteiger charge is -2.29. The van der Waals surface area contributed by atoms with Gasteiger partial charge in [0.05, 0.1) is 6.54 Å². The van der Waals surface area contributed by atoms with Gasteiger partial charge in [-0.25, -0.2) is 9.59 Å². The Balaban J connectivity index is 1.93. The summed E-state index contributed by atoms with van der Waals surface area (Å²) in [6.45, 7) is 1.97. The van der Waals surface area contributed by atoms with E-state index in [9.17, 15) is 14.7 Å². The maximum atomic E-state index is 12.0. The van der Waals surface area contributed by atoms with Crippen molar-refractivity contribution in [2.75, 3.05) is 0 Å². The number of rotatable bonds is 4. The summed E-state index contributed by atoms with van der Waals surface area (Å²) in [7, 11) is 0. The molecule has 2 rings (SSSR count). The van der Waals surface area contributed by atoms with Crippen LogP contribution in [-0.2, 0) is 11.3 Å². The van der Waals surface area contributed by atoms with Gasteiger partial charge < -0.3 is 20.3 Å². The quantitative estimate of drug-likeness (QED) is 0.736. The van der Waals surface area contributed by atoms with Gasteiger partial charge in [0.25, 0.3) is 0 Å². The number of aromatic nitrogens is 1. The molecule has 2 amide bonds. The van der Waals surface area contributed by atoms with Crippen molar-refractivity contribution in [3.63, 3.8) is 0 Å². The fourth-order valence-corrected chi connectivity index (χ4v) is 2.66. The lowest BCUT2D eigenvalue weighted by atomic mass is 9.90. The first-order valence-corrected chi connectivity index (χ1v) is 7.23. The molecule has 0 unspecified atom stereocenters. The smallest absolute Gasteiger partial charge is 0.329 e. The van der Waals surface area contributed by atoms with Crippen LogP contribution in [0.3, 0.4) is 0 Å². The van der Waals surface area contributed by atoms with Crippen LogP contribution in [0.4, 0.5) is 4.79 Å². The van der Waals surface area contributed by atoms with Gasteiger partial charge in [0.1, 0.15) is 17.0 Å². The second kappa shape index (κ2) is 6.60. The second-order valence-corrected chi connectivity index (χ2v) is 5.54. The van der Waals surface area contributed by atoms with E-state index in [1.807, 2.05) is 0 Å². The summed E-state index contributed by atoms with van der Waals surface area (Å²) in [5.41, 5.74) is -0.548. The highest BCUT2D eigenvalue weighted by atomic mass is 16.5. The summed E-state index contributed by atoms with van der Waals surface area (Å²) >= 11 is 0. The van der Waals surface area contributed by atoms with Gasteiger partial charge in [-0.3, -0.25) is 0 Å². The molecule has 1 heterocycles. The molecule has 1 saturated carbocycles. The zero-order valence-corrected chi connectivity index (χ0v) is 12.1. The highest BCUT2D eigenvalue weighted by Crippen LogP contribution is 2.27. The molecule has 21 heavy (non-hydrogen) atoms. The number of hydrogen-bond acceptors (Lipinski definition) is 4. The van der Waals surface area contributed by atoms with Gasteiger partial charge in [0, 0.05) is 6.07 Å². The molecule has 1 aliphatic rings. The van der Waals surface area contributed by atoms with E-state index >= 15 is 0 Å². The Morgan fingerprint density at radius 1 is 1.33 bits per heavy atom. The van der Waals surface area contributed by atoms with Crippen molar-refractivity contribution in [2.45, 2.75) is 57.5 Å². The second-order valence-electron chi connectivity index (χ2n) is 5.54. The van der Waals surface area contributed by atoms with Crippen molar-refractivity contribution in [3.8, 4) is 0 Å². The molecule has 116 valence electrons. The van der Waals surface area contributed by atoms with Crippen molar-refractivity contribution < 1.29 is 19.2 Å². The molecular formula is C14H21N3O4. The molecular weight excluding hydrogens is 274 g/mol. The number of amides is 2. The van der Waals surface area contributed by atoms with Gasteiger partial charge in [-0.1, -0.05) is 30.8 Å². The topological polar surface area (TPSA) is 104 Å². The van der Waals surface area contributed by atoms with Crippen LogP contribution in [0, 0.1) is 6.92 Å². The van der Waals surface area contributed by atoms with Crippen LogP contribution in [0.5, 0.6) is 0 Å². The summed E-state index contributed by atoms with van der Waals surface area (Å²) in [5.74, 6) is -0.296. The number of carbonyl (C=O) groups is 2. The van der Waals surface area contributed by atoms with Gasteiger partial charge in [0.2, 0.25) is 0 Å². The van der Waals surface area contributed by atoms with E-state index in [2.05, 4.69) is 15.8 Å². The minimum atomic E-state index is -1.15. The first kappa shape index (κ1) is 15.3. The molecule has 0 radical (unpaired) electrons. The van der Waals surface area contributed by atoms with Crippen LogP contribution in [0.15, 0.2) is 10.6 Å². The first-order chi connectivity index (χ1) is 10.0. The molecule has 1 fully saturated rings. The Hall–Kier alpha value is -2.05. The average molecular weight is 295 g/mol. The largest absolute Gasteiger partial charge is 0.480 e. The Labute approximate surface area is 123 Å². The van der Waals surface area contributed by atoms with E-state index in [1.165, 1.54) is 0 Å². The van der Waals surface area contributed by atoms with Gasteiger partial charge >= 0.3 is 12.0 Å². The van der Waals surface area contributed by atoms with E-state index in [0.717, 1.165) is 25.7 Å². The minimum absolute atomic E-state index is 0.207. The molecule has 7 nitrogen and oxygen atoms in total.